The number of carboxylic acid groups (broad SMARTS) is 1. The second-order valence-electron chi connectivity index (χ2n) is 4.20. The van der Waals surface area contributed by atoms with E-state index in [2.05, 4.69) is 0 Å². The van der Waals surface area contributed by atoms with Crippen LogP contribution in [0.4, 0.5) is 10.1 Å². The number of aromatic carboxylic acids is 1. The molecule has 0 unspecified atom stereocenters. The van der Waals surface area contributed by atoms with Gasteiger partial charge in [0.2, 0.25) is 0 Å². The zero-order chi connectivity index (χ0) is 14.9. The molecule has 4 nitrogen and oxygen atoms in total. The first-order valence-corrected chi connectivity index (χ1v) is 6.02. The van der Waals surface area contributed by atoms with Gasteiger partial charge in [-0.1, -0.05) is 11.6 Å². The highest BCUT2D eigenvalue weighted by Gasteiger charge is 2.17. The van der Waals surface area contributed by atoms with Gasteiger partial charge in [-0.25, -0.2) is 9.18 Å². The van der Waals surface area contributed by atoms with Gasteiger partial charge in [0.1, 0.15) is 17.1 Å². The van der Waals surface area contributed by atoms with Gasteiger partial charge in [-0.2, -0.15) is 0 Å². The monoisotopic (exact) mass is 295 g/mol. The maximum absolute atomic E-state index is 13.2. The summed E-state index contributed by atoms with van der Waals surface area (Å²) in [6.45, 7) is 1.57. The highest BCUT2D eigenvalue weighted by atomic mass is 35.5. The summed E-state index contributed by atoms with van der Waals surface area (Å²) in [7, 11) is 0. The Morgan fingerprint density at radius 3 is 2.65 bits per heavy atom. The molecule has 0 spiro atoms. The molecule has 6 heteroatoms. The van der Waals surface area contributed by atoms with Crippen LogP contribution in [0, 0.1) is 12.7 Å². The van der Waals surface area contributed by atoms with E-state index in [1.165, 1.54) is 30.3 Å². The van der Waals surface area contributed by atoms with Gasteiger partial charge in [-0.15, -0.1) is 0 Å². The lowest BCUT2D eigenvalue weighted by atomic mass is 10.1. The molecule has 0 aliphatic carbocycles. The van der Waals surface area contributed by atoms with E-state index < -0.39 is 5.97 Å². The van der Waals surface area contributed by atoms with Crippen LogP contribution in [0.2, 0.25) is 5.02 Å². The summed E-state index contributed by atoms with van der Waals surface area (Å²) in [5.41, 5.74) is 5.99. The van der Waals surface area contributed by atoms with E-state index in [1.54, 1.807) is 6.92 Å². The number of nitrogens with two attached hydrogens (primary N) is 1. The van der Waals surface area contributed by atoms with Crippen LogP contribution >= 0.6 is 11.6 Å². The largest absolute Gasteiger partial charge is 0.478 e. The molecule has 0 fully saturated rings. The van der Waals surface area contributed by atoms with Gasteiger partial charge in [0.15, 0.2) is 5.75 Å². The zero-order valence-corrected chi connectivity index (χ0v) is 11.2. The average molecular weight is 296 g/mol. The second-order valence-corrected chi connectivity index (χ2v) is 4.60. The number of rotatable bonds is 3. The van der Waals surface area contributed by atoms with Gasteiger partial charge in [0.05, 0.1) is 5.02 Å². The van der Waals surface area contributed by atoms with E-state index in [0.29, 0.717) is 5.56 Å². The molecule has 0 radical (unpaired) electrons. The lowest BCUT2D eigenvalue weighted by Crippen LogP contribution is -2.02. The molecule has 2 aromatic rings. The van der Waals surface area contributed by atoms with Gasteiger partial charge in [0.25, 0.3) is 0 Å². The lowest BCUT2D eigenvalue weighted by molar-refractivity contribution is 0.0694. The third-order valence-electron chi connectivity index (χ3n) is 2.65. The number of carbonyl (C=O) groups is 1. The highest BCUT2D eigenvalue weighted by Crippen LogP contribution is 2.35. The molecule has 0 amide bonds. The Labute approximate surface area is 119 Å². The SMILES string of the molecule is Cc1cc(Oc2c(Cl)cc(N)cc2C(=O)O)ccc1F. The third kappa shape index (κ3) is 2.83. The molecule has 20 heavy (non-hydrogen) atoms. The molecule has 2 aromatic carbocycles. The fourth-order valence-corrected chi connectivity index (χ4v) is 1.94. The normalized spacial score (nSPS) is 10.3. The van der Waals surface area contributed by atoms with E-state index in [1.807, 2.05) is 0 Å². The molecule has 104 valence electrons. The first-order chi connectivity index (χ1) is 9.38. The first-order valence-electron chi connectivity index (χ1n) is 5.65. The number of benzene rings is 2. The Morgan fingerprint density at radius 1 is 1.35 bits per heavy atom. The Morgan fingerprint density at radius 2 is 2.05 bits per heavy atom. The average Bonchev–Trinajstić information content (AvgIpc) is 2.36. The molecule has 0 aromatic heterocycles. The molecule has 0 atom stereocenters. The molecule has 0 saturated heterocycles. The maximum Gasteiger partial charge on any atom is 0.339 e. The van der Waals surface area contributed by atoms with Crippen LogP contribution in [0.1, 0.15) is 15.9 Å². The van der Waals surface area contributed by atoms with Gasteiger partial charge >= 0.3 is 5.97 Å². The maximum atomic E-state index is 13.2. The molecule has 0 heterocycles. The minimum absolute atomic E-state index is 0.0284. The summed E-state index contributed by atoms with van der Waals surface area (Å²) in [5, 5.41) is 9.21. The van der Waals surface area contributed by atoms with Crippen molar-refractivity contribution in [2.24, 2.45) is 0 Å². The topological polar surface area (TPSA) is 72.5 Å². The molecular formula is C14H11ClFNO3. The van der Waals surface area contributed by atoms with Gasteiger partial charge < -0.3 is 15.6 Å². The van der Waals surface area contributed by atoms with E-state index in [9.17, 15) is 9.18 Å². The van der Waals surface area contributed by atoms with Crippen LogP contribution in [0.25, 0.3) is 0 Å². The van der Waals surface area contributed by atoms with Crippen molar-refractivity contribution in [3.8, 4) is 11.5 Å². The number of aryl methyl sites for hydroxylation is 1. The van der Waals surface area contributed by atoms with E-state index in [-0.39, 0.29) is 33.6 Å². The summed E-state index contributed by atoms with van der Waals surface area (Å²) < 4.78 is 18.6. The molecule has 0 aliphatic rings. The number of ether oxygens (including phenoxy) is 1. The predicted molar refractivity (Wildman–Crippen MR) is 74.0 cm³/mol. The third-order valence-corrected chi connectivity index (χ3v) is 2.93. The van der Waals surface area contributed by atoms with Gasteiger partial charge in [-0.3, -0.25) is 0 Å². The molecule has 0 aliphatic heterocycles. The number of anilines is 1. The number of carboxylic acids is 1. The summed E-state index contributed by atoms with van der Waals surface area (Å²) in [6.07, 6.45) is 0. The smallest absolute Gasteiger partial charge is 0.339 e. The van der Waals surface area contributed by atoms with Crippen molar-refractivity contribution >= 4 is 23.3 Å². The number of halogens is 2. The van der Waals surface area contributed by atoms with Crippen molar-refractivity contribution in [1.82, 2.24) is 0 Å². The molecule has 2 rings (SSSR count). The van der Waals surface area contributed by atoms with Gasteiger partial charge in [-0.05, 0) is 42.8 Å². The van der Waals surface area contributed by atoms with E-state index in [4.69, 9.17) is 27.2 Å². The predicted octanol–water partition coefficient (Wildman–Crippen LogP) is 3.86. The Hall–Kier alpha value is -2.27. The van der Waals surface area contributed by atoms with Crippen molar-refractivity contribution in [3.63, 3.8) is 0 Å². The minimum Gasteiger partial charge on any atom is -0.478 e. The Balaban J connectivity index is 2.47. The quantitative estimate of drug-likeness (QED) is 0.843. The highest BCUT2D eigenvalue weighted by molar-refractivity contribution is 6.33. The van der Waals surface area contributed by atoms with Crippen LogP contribution < -0.4 is 10.5 Å². The number of hydrogen-bond acceptors (Lipinski definition) is 3. The van der Waals surface area contributed by atoms with Crippen LogP contribution in [0.15, 0.2) is 30.3 Å². The van der Waals surface area contributed by atoms with Gasteiger partial charge in [0, 0.05) is 5.69 Å². The van der Waals surface area contributed by atoms with E-state index in [0.717, 1.165) is 0 Å². The summed E-state index contributed by atoms with van der Waals surface area (Å²) >= 11 is 5.96. The molecule has 0 saturated carbocycles. The van der Waals surface area contributed by atoms with Crippen molar-refractivity contribution in [2.75, 3.05) is 5.73 Å². The molecular weight excluding hydrogens is 285 g/mol. The van der Waals surface area contributed by atoms with Crippen LogP contribution in [0.5, 0.6) is 11.5 Å². The molecule has 0 bridgehead atoms. The second kappa shape index (κ2) is 5.38. The Bertz CT molecular complexity index is 688. The Kier molecular flexibility index (Phi) is 3.81. The fraction of sp³-hybridized carbons (Fsp3) is 0.0714. The lowest BCUT2D eigenvalue weighted by Gasteiger charge is -2.12. The molecule has 3 N–H and O–H groups in total. The van der Waals surface area contributed by atoms with Crippen LogP contribution in [-0.2, 0) is 0 Å². The van der Waals surface area contributed by atoms with Crippen molar-refractivity contribution < 1.29 is 19.0 Å². The number of nitrogen functional groups attached to an aromatic ring is 1. The van der Waals surface area contributed by atoms with Crippen molar-refractivity contribution in [2.45, 2.75) is 6.92 Å². The summed E-state index contributed by atoms with van der Waals surface area (Å²) in [6, 6.07) is 6.71. The fourth-order valence-electron chi connectivity index (χ4n) is 1.68. The standard InChI is InChI=1S/C14H11ClFNO3/c1-7-4-9(2-3-12(7)16)20-13-10(14(18)19)5-8(17)6-11(13)15/h2-6H,17H2,1H3,(H,18,19). The van der Waals surface area contributed by atoms with Crippen molar-refractivity contribution in [1.29, 1.82) is 0 Å². The zero-order valence-electron chi connectivity index (χ0n) is 10.5. The number of hydrogen-bond donors (Lipinski definition) is 2. The van der Waals surface area contributed by atoms with Crippen LogP contribution in [0.3, 0.4) is 0 Å². The summed E-state index contributed by atoms with van der Waals surface area (Å²) in [5.74, 6) is -1.33. The van der Waals surface area contributed by atoms with Crippen molar-refractivity contribution in [3.05, 3.63) is 52.3 Å². The first kappa shape index (κ1) is 14.1. The summed E-state index contributed by atoms with van der Waals surface area (Å²) in [4.78, 5) is 11.2. The minimum atomic E-state index is -1.21. The van der Waals surface area contributed by atoms with Crippen LogP contribution in [-0.4, -0.2) is 11.1 Å². The van der Waals surface area contributed by atoms with E-state index >= 15 is 0 Å².